The van der Waals surface area contributed by atoms with Gasteiger partial charge in [-0.25, -0.2) is 9.67 Å². The number of carbonyl (C=O) groups excluding carboxylic acids is 1. The number of rotatable bonds is 7. The molecule has 0 spiro atoms. The van der Waals surface area contributed by atoms with Crippen molar-refractivity contribution in [3.8, 4) is 5.75 Å². The summed E-state index contributed by atoms with van der Waals surface area (Å²) in [5.74, 6) is 0.389. The monoisotopic (exact) mass is 510 g/mol. The lowest BCUT2D eigenvalue weighted by molar-refractivity contribution is 0.0991. The summed E-state index contributed by atoms with van der Waals surface area (Å²) in [6.07, 6.45) is 1.51. The van der Waals surface area contributed by atoms with E-state index in [0.717, 1.165) is 5.56 Å². The van der Waals surface area contributed by atoms with Crippen LogP contribution in [0.3, 0.4) is 0 Å². The minimum atomic E-state index is -0.501. The van der Waals surface area contributed by atoms with Crippen molar-refractivity contribution in [2.45, 2.75) is 13.2 Å². The van der Waals surface area contributed by atoms with Crippen LogP contribution in [0.2, 0.25) is 20.1 Å². The SMILES string of the molecule is O=C(Nc1ncn(Cc2cccc(Cl)c2)n1)c1ccc(COc2c(Cl)cc(Cl)cc2Cl)o1. The normalized spacial score (nSPS) is 10.9. The summed E-state index contributed by atoms with van der Waals surface area (Å²) >= 11 is 24.1. The molecule has 2 aromatic carbocycles. The van der Waals surface area contributed by atoms with Gasteiger partial charge in [0.05, 0.1) is 16.6 Å². The lowest BCUT2D eigenvalue weighted by atomic mass is 10.2. The van der Waals surface area contributed by atoms with Crippen molar-refractivity contribution < 1.29 is 13.9 Å². The zero-order valence-corrected chi connectivity index (χ0v) is 19.2. The summed E-state index contributed by atoms with van der Waals surface area (Å²) in [4.78, 5) is 16.5. The maximum absolute atomic E-state index is 12.5. The first-order valence-corrected chi connectivity index (χ1v) is 10.7. The minimum absolute atomic E-state index is 0.0147. The molecule has 0 bridgehead atoms. The number of hydrogen-bond donors (Lipinski definition) is 1. The fraction of sp³-hybridized carbons (Fsp3) is 0.0952. The highest BCUT2D eigenvalue weighted by Crippen LogP contribution is 2.36. The van der Waals surface area contributed by atoms with Gasteiger partial charge >= 0.3 is 0 Å². The first-order valence-electron chi connectivity index (χ1n) is 9.18. The van der Waals surface area contributed by atoms with Gasteiger partial charge in [-0.1, -0.05) is 58.5 Å². The Balaban J connectivity index is 1.36. The molecule has 0 aliphatic rings. The molecule has 0 saturated heterocycles. The Morgan fingerprint density at radius 2 is 1.81 bits per heavy atom. The number of carbonyl (C=O) groups is 1. The van der Waals surface area contributed by atoms with Crippen molar-refractivity contribution in [1.82, 2.24) is 14.8 Å². The summed E-state index contributed by atoms with van der Waals surface area (Å²) < 4.78 is 12.7. The van der Waals surface area contributed by atoms with Crippen molar-refractivity contribution in [2.24, 2.45) is 0 Å². The van der Waals surface area contributed by atoms with Crippen LogP contribution in [0.5, 0.6) is 5.75 Å². The van der Waals surface area contributed by atoms with Crippen LogP contribution in [-0.4, -0.2) is 20.7 Å². The topological polar surface area (TPSA) is 82.2 Å². The van der Waals surface area contributed by atoms with E-state index in [0.29, 0.717) is 22.4 Å². The highest BCUT2D eigenvalue weighted by Gasteiger charge is 2.15. The minimum Gasteiger partial charge on any atom is -0.483 e. The standard InChI is InChI=1S/C21H14Cl4N4O3/c22-13-3-1-2-12(6-13)9-29-11-26-21(28-29)27-20(30)18-5-4-15(32-18)10-31-19-16(24)7-14(23)8-17(19)25/h1-8,11H,9-10H2,(H,27,28,30). The predicted molar refractivity (Wildman–Crippen MR) is 123 cm³/mol. The lowest BCUT2D eigenvalue weighted by Crippen LogP contribution is -2.12. The molecule has 1 amide bonds. The summed E-state index contributed by atoms with van der Waals surface area (Å²) in [5, 5.41) is 8.39. The number of halogens is 4. The zero-order chi connectivity index (χ0) is 22.7. The molecule has 0 fully saturated rings. The molecule has 7 nitrogen and oxygen atoms in total. The van der Waals surface area contributed by atoms with E-state index in [4.69, 9.17) is 55.6 Å². The van der Waals surface area contributed by atoms with Gasteiger partial charge in [0.2, 0.25) is 5.95 Å². The number of nitrogens with zero attached hydrogens (tertiary/aromatic N) is 3. The summed E-state index contributed by atoms with van der Waals surface area (Å²) in [6.45, 7) is 0.475. The number of anilines is 1. The maximum Gasteiger partial charge on any atom is 0.293 e. The Labute approximate surface area is 202 Å². The Hall–Kier alpha value is -2.71. The van der Waals surface area contributed by atoms with E-state index in [1.807, 2.05) is 18.2 Å². The van der Waals surface area contributed by atoms with Gasteiger partial charge in [0.1, 0.15) is 18.7 Å². The van der Waals surface area contributed by atoms with E-state index in [1.54, 1.807) is 16.8 Å². The molecule has 0 aliphatic carbocycles. The number of amides is 1. The lowest BCUT2D eigenvalue weighted by Gasteiger charge is -2.09. The molecular weight excluding hydrogens is 498 g/mol. The smallest absolute Gasteiger partial charge is 0.293 e. The second kappa shape index (κ2) is 9.83. The third-order valence-corrected chi connectivity index (χ3v) is 5.22. The van der Waals surface area contributed by atoms with Gasteiger partial charge in [-0.3, -0.25) is 10.1 Å². The van der Waals surface area contributed by atoms with E-state index in [-0.39, 0.29) is 34.1 Å². The van der Waals surface area contributed by atoms with E-state index in [1.165, 1.54) is 24.5 Å². The largest absolute Gasteiger partial charge is 0.483 e. The molecule has 0 unspecified atom stereocenters. The molecule has 4 aromatic rings. The molecular formula is C21H14Cl4N4O3. The van der Waals surface area contributed by atoms with Crippen molar-refractivity contribution >= 4 is 58.3 Å². The Kier molecular flexibility index (Phi) is 6.91. The van der Waals surface area contributed by atoms with E-state index in [2.05, 4.69) is 15.4 Å². The van der Waals surface area contributed by atoms with Crippen LogP contribution in [0.15, 0.2) is 59.3 Å². The molecule has 0 radical (unpaired) electrons. The van der Waals surface area contributed by atoms with Gasteiger partial charge in [-0.2, -0.15) is 0 Å². The molecule has 32 heavy (non-hydrogen) atoms. The van der Waals surface area contributed by atoms with Gasteiger partial charge in [0, 0.05) is 10.0 Å². The second-order valence-corrected chi connectivity index (χ2v) is 8.29. The third-order valence-electron chi connectivity index (χ3n) is 4.20. The number of hydrogen-bond acceptors (Lipinski definition) is 5. The highest BCUT2D eigenvalue weighted by atomic mass is 35.5. The number of benzene rings is 2. The fourth-order valence-electron chi connectivity index (χ4n) is 2.80. The van der Waals surface area contributed by atoms with Crippen LogP contribution < -0.4 is 10.1 Å². The van der Waals surface area contributed by atoms with Crippen LogP contribution in [-0.2, 0) is 13.2 Å². The maximum atomic E-state index is 12.5. The van der Waals surface area contributed by atoms with E-state index >= 15 is 0 Å². The first kappa shape index (κ1) is 22.5. The van der Waals surface area contributed by atoms with Crippen LogP contribution in [0.1, 0.15) is 21.9 Å². The number of ether oxygens (including phenoxy) is 1. The average molecular weight is 512 g/mol. The van der Waals surface area contributed by atoms with E-state index in [9.17, 15) is 4.79 Å². The molecule has 11 heteroatoms. The van der Waals surface area contributed by atoms with Crippen LogP contribution in [0.25, 0.3) is 0 Å². The molecule has 2 aromatic heterocycles. The average Bonchev–Trinajstić information content (AvgIpc) is 3.37. The zero-order valence-electron chi connectivity index (χ0n) is 16.2. The third kappa shape index (κ3) is 5.55. The van der Waals surface area contributed by atoms with Crippen molar-refractivity contribution in [3.05, 3.63) is 92.0 Å². The summed E-state index contributed by atoms with van der Waals surface area (Å²) in [5.41, 5.74) is 0.955. The van der Waals surface area contributed by atoms with Gasteiger partial charge in [-0.05, 0) is 42.0 Å². The Morgan fingerprint density at radius 1 is 1.03 bits per heavy atom. The number of nitrogens with one attached hydrogen (secondary N) is 1. The molecule has 1 N–H and O–H groups in total. The first-order chi connectivity index (χ1) is 15.4. The van der Waals surface area contributed by atoms with Crippen molar-refractivity contribution in [3.63, 3.8) is 0 Å². The quantitative estimate of drug-likeness (QED) is 0.312. The molecule has 2 heterocycles. The van der Waals surface area contributed by atoms with Crippen molar-refractivity contribution in [2.75, 3.05) is 5.32 Å². The van der Waals surface area contributed by atoms with Crippen molar-refractivity contribution in [1.29, 1.82) is 0 Å². The molecule has 0 atom stereocenters. The Morgan fingerprint density at radius 3 is 2.56 bits per heavy atom. The molecule has 0 saturated carbocycles. The summed E-state index contributed by atoms with van der Waals surface area (Å²) in [6, 6.07) is 13.6. The van der Waals surface area contributed by atoms with Gasteiger partial charge < -0.3 is 9.15 Å². The molecule has 0 aliphatic heterocycles. The predicted octanol–water partition coefficient (Wildman–Crippen LogP) is 6.36. The van der Waals surface area contributed by atoms with Crippen LogP contribution in [0, 0.1) is 0 Å². The van der Waals surface area contributed by atoms with Gasteiger partial charge in [-0.15, -0.1) is 5.10 Å². The van der Waals surface area contributed by atoms with Crippen LogP contribution in [0.4, 0.5) is 5.95 Å². The van der Waals surface area contributed by atoms with Crippen LogP contribution >= 0.6 is 46.4 Å². The number of aromatic nitrogens is 3. The highest BCUT2D eigenvalue weighted by molar-refractivity contribution is 6.40. The molecule has 4 rings (SSSR count). The van der Waals surface area contributed by atoms with Gasteiger partial charge in [0.15, 0.2) is 11.5 Å². The second-order valence-electron chi connectivity index (χ2n) is 6.60. The Bertz CT molecular complexity index is 1250. The summed E-state index contributed by atoms with van der Waals surface area (Å²) in [7, 11) is 0. The fourth-order valence-corrected chi connectivity index (χ4v) is 3.94. The van der Waals surface area contributed by atoms with Gasteiger partial charge in [0.25, 0.3) is 5.91 Å². The van der Waals surface area contributed by atoms with E-state index < -0.39 is 5.91 Å². The molecule has 164 valence electrons. The number of furan rings is 1.